The Morgan fingerprint density at radius 1 is 1.04 bits per heavy atom. The predicted molar refractivity (Wildman–Crippen MR) is 105 cm³/mol. The SMILES string of the molecule is Nn1c(SCC(=O)c2ccccc2)nnc1-c1cc(-c2ccccc2)n[nH]1. The lowest BCUT2D eigenvalue weighted by Gasteiger charge is -2.02. The molecule has 0 radical (unpaired) electrons. The van der Waals surface area contributed by atoms with Crippen LogP contribution in [-0.2, 0) is 0 Å². The highest BCUT2D eigenvalue weighted by Gasteiger charge is 2.16. The van der Waals surface area contributed by atoms with Gasteiger partial charge < -0.3 is 5.84 Å². The number of nitrogens with zero attached hydrogens (tertiary/aromatic N) is 4. The molecule has 0 fully saturated rings. The number of ketones is 1. The third-order valence-corrected chi connectivity index (χ3v) is 4.92. The van der Waals surface area contributed by atoms with Gasteiger partial charge in [-0.05, 0) is 6.07 Å². The van der Waals surface area contributed by atoms with E-state index in [0.29, 0.717) is 22.2 Å². The van der Waals surface area contributed by atoms with Crippen LogP contribution in [0.2, 0.25) is 0 Å². The molecule has 3 N–H and O–H groups in total. The number of hydrogen-bond donors (Lipinski definition) is 2. The lowest BCUT2D eigenvalue weighted by Crippen LogP contribution is -2.12. The van der Waals surface area contributed by atoms with Crippen molar-refractivity contribution in [2.75, 3.05) is 11.6 Å². The number of H-pyrrole nitrogens is 1. The zero-order valence-corrected chi connectivity index (χ0v) is 15.1. The summed E-state index contributed by atoms with van der Waals surface area (Å²) >= 11 is 1.25. The van der Waals surface area contributed by atoms with Gasteiger partial charge in [-0.2, -0.15) is 5.10 Å². The molecule has 4 aromatic rings. The molecule has 2 aromatic carbocycles. The van der Waals surface area contributed by atoms with E-state index in [9.17, 15) is 4.79 Å². The van der Waals surface area contributed by atoms with Crippen molar-refractivity contribution in [1.29, 1.82) is 0 Å². The Bertz CT molecular complexity index is 1060. The first-order valence-corrected chi connectivity index (χ1v) is 9.23. The Labute approximate surface area is 159 Å². The second-order valence-electron chi connectivity index (χ2n) is 5.79. The molecule has 0 atom stereocenters. The van der Waals surface area contributed by atoms with E-state index in [0.717, 1.165) is 11.3 Å². The third kappa shape index (κ3) is 3.61. The monoisotopic (exact) mass is 376 g/mol. The molecule has 2 heterocycles. The molecule has 0 aliphatic heterocycles. The number of benzene rings is 2. The molecule has 0 bridgehead atoms. The molecule has 4 rings (SSSR count). The van der Waals surface area contributed by atoms with Gasteiger partial charge in [-0.1, -0.05) is 72.4 Å². The Morgan fingerprint density at radius 3 is 2.48 bits per heavy atom. The lowest BCUT2D eigenvalue weighted by molar-refractivity contribution is 0.102. The van der Waals surface area contributed by atoms with Gasteiger partial charge in [0, 0.05) is 11.1 Å². The van der Waals surface area contributed by atoms with E-state index in [1.54, 1.807) is 12.1 Å². The molecule has 27 heavy (non-hydrogen) atoms. The highest BCUT2D eigenvalue weighted by molar-refractivity contribution is 7.99. The van der Waals surface area contributed by atoms with Crippen molar-refractivity contribution in [2.45, 2.75) is 5.16 Å². The predicted octanol–water partition coefficient (Wildman–Crippen LogP) is 3.02. The van der Waals surface area contributed by atoms with Gasteiger partial charge in [0.1, 0.15) is 5.69 Å². The van der Waals surface area contributed by atoms with Gasteiger partial charge in [-0.25, -0.2) is 4.68 Å². The van der Waals surface area contributed by atoms with E-state index in [-0.39, 0.29) is 11.5 Å². The number of carbonyl (C=O) groups is 1. The smallest absolute Gasteiger partial charge is 0.210 e. The molecule has 0 spiro atoms. The molecule has 0 unspecified atom stereocenters. The minimum Gasteiger partial charge on any atom is -0.335 e. The fourth-order valence-electron chi connectivity index (χ4n) is 2.59. The van der Waals surface area contributed by atoms with E-state index >= 15 is 0 Å². The molecule has 0 saturated carbocycles. The first-order valence-electron chi connectivity index (χ1n) is 8.25. The largest absolute Gasteiger partial charge is 0.335 e. The fourth-order valence-corrected chi connectivity index (χ4v) is 3.34. The van der Waals surface area contributed by atoms with Gasteiger partial charge in [-0.15, -0.1) is 10.2 Å². The maximum absolute atomic E-state index is 12.2. The van der Waals surface area contributed by atoms with Crippen LogP contribution in [0.4, 0.5) is 0 Å². The Hall–Kier alpha value is -3.39. The highest BCUT2D eigenvalue weighted by atomic mass is 32.2. The number of aromatic nitrogens is 5. The zero-order chi connectivity index (χ0) is 18.6. The zero-order valence-electron chi connectivity index (χ0n) is 14.2. The van der Waals surface area contributed by atoms with Crippen molar-refractivity contribution in [2.24, 2.45) is 0 Å². The average Bonchev–Trinajstić information content (AvgIpc) is 3.34. The number of aromatic amines is 1. The van der Waals surface area contributed by atoms with Crippen molar-refractivity contribution >= 4 is 17.5 Å². The van der Waals surface area contributed by atoms with Crippen LogP contribution in [0.1, 0.15) is 10.4 Å². The van der Waals surface area contributed by atoms with E-state index in [4.69, 9.17) is 5.84 Å². The number of carbonyl (C=O) groups excluding carboxylic acids is 1. The first-order chi connectivity index (χ1) is 13.2. The number of hydrogen-bond acceptors (Lipinski definition) is 6. The quantitative estimate of drug-likeness (QED) is 0.305. The molecule has 0 saturated heterocycles. The van der Waals surface area contributed by atoms with Gasteiger partial charge >= 0.3 is 0 Å². The maximum Gasteiger partial charge on any atom is 0.210 e. The van der Waals surface area contributed by atoms with Gasteiger partial charge in [-0.3, -0.25) is 9.89 Å². The summed E-state index contributed by atoms with van der Waals surface area (Å²) in [6.45, 7) is 0. The minimum atomic E-state index is 0.0121. The van der Waals surface area contributed by atoms with Gasteiger partial charge in [0.2, 0.25) is 11.0 Å². The Kier molecular flexibility index (Phi) is 4.71. The minimum absolute atomic E-state index is 0.0121. The molecular formula is C19H16N6OS. The van der Waals surface area contributed by atoms with E-state index in [2.05, 4.69) is 20.4 Å². The number of thioether (sulfide) groups is 1. The second-order valence-corrected chi connectivity index (χ2v) is 6.73. The normalized spacial score (nSPS) is 10.8. The number of nitrogens with two attached hydrogens (primary N) is 1. The lowest BCUT2D eigenvalue weighted by atomic mass is 10.1. The van der Waals surface area contributed by atoms with Gasteiger partial charge in [0.25, 0.3) is 0 Å². The topological polar surface area (TPSA) is 102 Å². The van der Waals surface area contributed by atoms with Crippen LogP contribution in [0, 0.1) is 0 Å². The van der Waals surface area contributed by atoms with Crippen molar-refractivity contribution in [1.82, 2.24) is 25.1 Å². The summed E-state index contributed by atoms with van der Waals surface area (Å²) in [5, 5.41) is 15.9. The van der Waals surface area contributed by atoms with Crippen molar-refractivity contribution in [3.05, 3.63) is 72.3 Å². The molecule has 134 valence electrons. The van der Waals surface area contributed by atoms with E-state index in [1.165, 1.54) is 16.4 Å². The third-order valence-electron chi connectivity index (χ3n) is 3.98. The average molecular weight is 376 g/mol. The van der Waals surface area contributed by atoms with E-state index in [1.807, 2.05) is 54.6 Å². The summed E-state index contributed by atoms with van der Waals surface area (Å²) < 4.78 is 1.37. The van der Waals surface area contributed by atoms with Gasteiger partial charge in [0.05, 0.1) is 11.4 Å². The summed E-state index contributed by atoms with van der Waals surface area (Å²) in [5.74, 6) is 6.82. The van der Waals surface area contributed by atoms with Crippen molar-refractivity contribution in [3.8, 4) is 22.8 Å². The number of rotatable bonds is 6. The van der Waals surface area contributed by atoms with Gasteiger partial charge in [0.15, 0.2) is 5.78 Å². The number of nitrogens with one attached hydrogen (secondary N) is 1. The standard InChI is InChI=1S/C19H16N6OS/c20-25-18(16-11-15(21-22-16)13-7-3-1-4-8-13)23-24-19(25)27-12-17(26)14-9-5-2-6-10-14/h1-11H,12,20H2,(H,21,22). The molecule has 7 nitrogen and oxygen atoms in total. The first kappa shape index (κ1) is 17.0. The van der Waals surface area contributed by atoms with Crippen LogP contribution < -0.4 is 5.84 Å². The van der Waals surface area contributed by atoms with Crippen molar-refractivity contribution < 1.29 is 4.79 Å². The summed E-state index contributed by atoms with van der Waals surface area (Å²) in [4.78, 5) is 12.2. The van der Waals surface area contributed by atoms with Crippen LogP contribution in [0.15, 0.2) is 71.9 Å². The summed E-state index contributed by atoms with van der Waals surface area (Å²) in [6, 6.07) is 20.8. The van der Waals surface area contributed by atoms with Crippen LogP contribution >= 0.6 is 11.8 Å². The Morgan fingerprint density at radius 2 is 1.74 bits per heavy atom. The fraction of sp³-hybridized carbons (Fsp3) is 0.0526. The molecule has 8 heteroatoms. The molecule has 2 aromatic heterocycles. The summed E-state index contributed by atoms with van der Waals surface area (Å²) in [6.07, 6.45) is 0. The highest BCUT2D eigenvalue weighted by Crippen LogP contribution is 2.24. The molecule has 0 aliphatic rings. The van der Waals surface area contributed by atoms with Crippen LogP contribution in [0.25, 0.3) is 22.8 Å². The van der Waals surface area contributed by atoms with Crippen LogP contribution in [0.5, 0.6) is 0 Å². The second kappa shape index (κ2) is 7.46. The number of nitrogen functional groups attached to an aromatic ring is 1. The number of Topliss-reactive ketones (excluding diaryl/α,β-unsaturated/α-hetero) is 1. The van der Waals surface area contributed by atoms with Crippen LogP contribution in [-0.4, -0.2) is 36.6 Å². The van der Waals surface area contributed by atoms with Crippen LogP contribution in [0.3, 0.4) is 0 Å². The summed E-state index contributed by atoms with van der Waals surface area (Å²) in [5.41, 5.74) is 3.10. The molecular weight excluding hydrogens is 360 g/mol. The van der Waals surface area contributed by atoms with E-state index < -0.39 is 0 Å². The van der Waals surface area contributed by atoms with Crippen molar-refractivity contribution in [3.63, 3.8) is 0 Å². The maximum atomic E-state index is 12.2. The summed E-state index contributed by atoms with van der Waals surface area (Å²) in [7, 11) is 0. The Balaban J connectivity index is 1.49. The molecule has 0 aliphatic carbocycles. The molecule has 0 amide bonds.